The van der Waals surface area contributed by atoms with E-state index in [-0.39, 0.29) is 12.1 Å². The summed E-state index contributed by atoms with van der Waals surface area (Å²) in [6.07, 6.45) is 8.40. The van der Waals surface area contributed by atoms with Crippen LogP contribution in [0.4, 0.5) is 0 Å². The highest BCUT2D eigenvalue weighted by Crippen LogP contribution is 2.40. The van der Waals surface area contributed by atoms with Crippen molar-refractivity contribution in [1.82, 2.24) is 29.9 Å². The van der Waals surface area contributed by atoms with E-state index in [9.17, 15) is 0 Å². The second kappa shape index (κ2) is 5.44. The van der Waals surface area contributed by atoms with Crippen molar-refractivity contribution < 1.29 is 0 Å². The number of fused-ring (bicyclic) bond motifs is 3. The van der Waals surface area contributed by atoms with Gasteiger partial charge in [-0.1, -0.05) is 36.4 Å². The second-order valence-electron chi connectivity index (χ2n) is 6.45. The number of nitrogens with zero attached hydrogens (tertiary/aromatic N) is 5. The van der Waals surface area contributed by atoms with E-state index >= 15 is 0 Å². The van der Waals surface area contributed by atoms with Gasteiger partial charge in [0.05, 0.1) is 23.5 Å². The fourth-order valence-corrected chi connectivity index (χ4v) is 3.81. The van der Waals surface area contributed by atoms with E-state index in [1.807, 2.05) is 13.0 Å². The smallest absolute Gasteiger partial charge is 0.157 e. The first-order chi connectivity index (χ1) is 12.3. The predicted octanol–water partition coefficient (Wildman–Crippen LogP) is 2.80. The van der Waals surface area contributed by atoms with Gasteiger partial charge in [-0.15, -0.1) is 10.2 Å². The van der Waals surface area contributed by atoms with Gasteiger partial charge in [0.15, 0.2) is 5.82 Å². The molecule has 2 aliphatic rings. The Morgan fingerprint density at radius 2 is 1.96 bits per heavy atom. The van der Waals surface area contributed by atoms with Crippen LogP contribution in [0.3, 0.4) is 0 Å². The van der Waals surface area contributed by atoms with Crippen molar-refractivity contribution >= 4 is 11.8 Å². The maximum Gasteiger partial charge on any atom is 0.157 e. The van der Waals surface area contributed by atoms with Crippen LogP contribution in [-0.4, -0.2) is 35.9 Å². The van der Waals surface area contributed by atoms with Gasteiger partial charge >= 0.3 is 0 Å². The Hall–Kier alpha value is -3.15. The highest BCUT2D eigenvalue weighted by atomic mass is 15.3. The molecule has 0 bridgehead atoms. The molecule has 25 heavy (non-hydrogen) atoms. The number of rotatable bonds is 3. The second-order valence-corrected chi connectivity index (χ2v) is 6.45. The summed E-state index contributed by atoms with van der Waals surface area (Å²) in [5.41, 5.74) is 3.49. The van der Waals surface area contributed by atoms with Crippen molar-refractivity contribution in [3.63, 3.8) is 0 Å². The minimum Gasteiger partial charge on any atom is -0.357 e. The lowest BCUT2D eigenvalue weighted by Gasteiger charge is -2.33. The number of benzene rings is 1. The van der Waals surface area contributed by atoms with Gasteiger partial charge in [0.1, 0.15) is 5.82 Å². The van der Waals surface area contributed by atoms with Crippen LogP contribution in [-0.2, 0) is 6.54 Å². The third-order valence-electron chi connectivity index (χ3n) is 4.95. The van der Waals surface area contributed by atoms with Crippen LogP contribution in [0.1, 0.15) is 28.9 Å². The molecule has 6 nitrogen and oxygen atoms in total. The lowest BCUT2D eigenvalue weighted by Crippen LogP contribution is -2.35. The quantitative estimate of drug-likeness (QED) is 0.802. The summed E-state index contributed by atoms with van der Waals surface area (Å²) in [4.78, 5) is 2.42. The van der Waals surface area contributed by atoms with Crippen LogP contribution in [0.5, 0.6) is 0 Å². The fraction of sp³-hybridized carbons (Fsp3) is 0.211. The molecule has 0 radical (unpaired) electrons. The van der Waals surface area contributed by atoms with Crippen molar-refractivity contribution in [2.45, 2.75) is 25.6 Å². The van der Waals surface area contributed by atoms with Crippen LogP contribution < -0.4 is 0 Å². The molecule has 2 unspecified atom stereocenters. The lowest BCUT2D eigenvalue weighted by molar-refractivity contribution is 0.299. The van der Waals surface area contributed by atoms with Gasteiger partial charge in [-0.25, -0.2) is 0 Å². The summed E-state index contributed by atoms with van der Waals surface area (Å²) in [6, 6.07) is 13.0. The zero-order chi connectivity index (χ0) is 16.8. The molecule has 0 saturated heterocycles. The van der Waals surface area contributed by atoms with Crippen LogP contribution >= 0.6 is 0 Å². The number of aromatic nitrogens is 5. The zero-order valence-corrected chi connectivity index (χ0v) is 13.9. The van der Waals surface area contributed by atoms with Gasteiger partial charge < -0.3 is 9.47 Å². The van der Waals surface area contributed by atoms with E-state index in [4.69, 9.17) is 0 Å². The Morgan fingerprint density at radius 3 is 2.76 bits per heavy atom. The molecule has 4 heterocycles. The maximum atomic E-state index is 4.27. The molecule has 2 atom stereocenters. The third kappa shape index (κ3) is 2.21. The van der Waals surface area contributed by atoms with E-state index in [0.717, 1.165) is 23.9 Å². The van der Waals surface area contributed by atoms with E-state index < -0.39 is 0 Å². The Kier molecular flexibility index (Phi) is 3.09. The molecule has 124 valence electrons. The molecule has 2 aromatic heterocycles. The molecule has 0 saturated carbocycles. The van der Waals surface area contributed by atoms with Crippen LogP contribution in [0.15, 0.2) is 54.7 Å². The molecule has 0 spiro atoms. The Bertz CT molecular complexity index is 951. The predicted molar refractivity (Wildman–Crippen MR) is 95.2 cm³/mol. The highest BCUT2D eigenvalue weighted by molar-refractivity contribution is 5.67. The molecule has 1 aromatic carbocycles. The van der Waals surface area contributed by atoms with Crippen molar-refractivity contribution in [1.29, 1.82) is 0 Å². The lowest BCUT2D eigenvalue weighted by atomic mass is 10.1. The monoisotopic (exact) mass is 330 g/mol. The standard InChI is InChI=1S/C19H18N6/c1-13-21-23-19-8-7-16-18(25(13)19)11-17(15-9-10-20-22-15)24(16)12-14-5-3-2-4-6-14/h2-11,16,18H,12H2,1H3,(H,20,22). The van der Waals surface area contributed by atoms with Gasteiger partial charge in [0, 0.05) is 12.7 Å². The van der Waals surface area contributed by atoms with Crippen molar-refractivity contribution in [2.24, 2.45) is 0 Å². The van der Waals surface area contributed by atoms with Gasteiger partial charge in [-0.2, -0.15) is 5.10 Å². The largest absolute Gasteiger partial charge is 0.357 e. The average molecular weight is 330 g/mol. The van der Waals surface area contributed by atoms with E-state index in [2.05, 4.69) is 78.4 Å². The maximum absolute atomic E-state index is 4.27. The van der Waals surface area contributed by atoms with Crippen LogP contribution in [0.25, 0.3) is 11.8 Å². The van der Waals surface area contributed by atoms with E-state index in [1.54, 1.807) is 6.20 Å². The summed E-state index contributed by atoms with van der Waals surface area (Å²) in [5.74, 6) is 1.86. The van der Waals surface area contributed by atoms with Crippen molar-refractivity contribution in [3.8, 4) is 0 Å². The van der Waals surface area contributed by atoms with Crippen LogP contribution in [0, 0.1) is 6.92 Å². The highest BCUT2D eigenvalue weighted by Gasteiger charge is 2.38. The Balaban J connectivity index is 1.60. The number of aryl methyl sites for hydroxylation is 1. The normalized spacial score (nSPS) is 21.2. The van der Waals surface area contributed by atoms with E-state index in [1.165, 1.54) is 11.3 Å². The first-order valence-corrected chi connectivity index (χ1v) is 8.43. The number of aromatic amines is 1. The molecule has 3 aromatic rings. The molecule has 5 rings (SSSR count). The molecule has 2 aliphatic heterocycles. The summed E-state index contributed by atoms with van der Waals surface area (Å²) in [6.45, 7) is 2.85. The molecule has 0 amide bonds. The van der Waals surface area contributed by atoms with Crippen LogP contribution in [0.2, 0.25) is 0 Å². The SMILES string of the molecule is Cc1nnc2n1C1C=C(c3ccn[nH]3)N(Cc3ccccc3)C1C=C2. The molecular weight excluding hydrogens is 312 g/mol. The molecular formula is C19H18N6. The first-order valence-electron chi connectivity index (χ1n) is 8.43. The summed E-state index contributed by atoms with van der Waals surface area (Å²) in [7, 11) is 0. The van der Waals surface area contributed by atoms with Gasteiger partial charge in [0.25, 0.3) is 0 Å². The van der Waals surface area contributed by atoms with Gasteiger partial charge in [0.2, 0.25) is 0 Å². The number of H-pyrrole nitrogens is 1. The van der Waals surface area contributed by atoms with Crippen molar-refractivity contribution in [2.75, 3.05) is 0 Å². The average Bonchev–Trinajstić information content (AvgIpc) is 3.35. The minimum atomic E-state index is 0.192. The molecule has 1 N–H and O–H groups in total. The Morgan fingerprint density at radius 1 is 1.08 bits per heavy atom. The zero-order valence-electron chi connectivity index (χ0n) is 13.9. The number of nitrogens with one attached hydrogen (secondary N) is 1. The molecule has 0 fully saturated rings. The Labute approximate surface area is 145 Å². The molecule has 0 aliphatic carbocycles. The number of hydrogen-bond donors (Lipinski definition) is 1. The minimum absolute atomic E-state index is 0.192. The summed E-state index contributed by atoms with van der Waals surface area (Å²) < 4.78 is 2.21. The van der Waals surface area contributed by atoms with Gasteiger partial charge in [-0.3, -0.25) is 5.10 Å². The fourth-order valence-electron chi connectivity index (χ4n) is 3.81. The molecule has 6 heteroatoms. The topological polar surface area (TPSA) is 62.6 Å². The van der Waals surface area contributed by atoms with Gasteiger partial charge in [-0.05, 0) is 30.7 Å². The first kappa shape index (κ1) is 14.2. The van der Waals surface area contributed by atoms with E-state index in [0.29, 0.717) is 0 Å². The number of hydrogen-bond acceptors (Lipinski definition) is 4. The summed E-state index contributed by atoms with van der Waals surface area (Å²) >= 11 is 0. The van der Waals surface area contributed by atoms with Crippen molar-refractivity contribution in [3.05, 3.63) is 77.7 Å². The summed E-state index contributed by atoms with van der Waals surface area (Å²) in [5, 5.41) is 15.8. The third-order valence-corrected chi connectivity index (χ3v) is 4.95.